The van der Waals surface area contributed by atoms with E-state index in [0.717, 1.165) is 25.2 Å². The summed E-state index contributed by atoms with van der Waals surface area (Å²) in [5.41, 5.74) is 0. The second-order valence-corrected chi connectivity index (χ2v) is 6.83. The molecule has 1 N–H and O–H groups in total. The molecule has 1 saturated carbocycles. The van der Waals surface area contributed by atoms with Gasteiger partial charge in [-0.15, -0.1) is 0 Å². The number of hydrogen-bond donors (Lipinski definition) is 1. The molecule has 2 heterocycles. The Labute approximate surface area is 111 Å². The maximum atomic E-state index is 12.5. The third-order valence-corrected chi connectivity index (χ3v) is 5.38. The summed E-state index contributed by atoms with van der Waals surface area (Å²) < 4.78 is 0. The standard InChI is InChI=1S/C16H27NO/c18-16(9-12-5-2-1-3-6-12)13-10-14-7-4-8-15(11-13)17-14/h12-15,17H,1-11H2. The molecule has 2 unspecified atom stereocenters. The lowest BCUT2D eigenvalue weighted by Crippen LogP contribution is -2.50. The van der Waals surface area contributed by atoms with Crippen LogP contribution in [0.2, 0.25) is 0 Å². The molecule has 0 spiro atoms. The van der Waals surface area contributed by atoms with Crippen LogP contribution in [-0.4, -0.2) is 17.9 Å². The fourth-order valence-electron chi connectivity index (χ4n) is 4.37. The Bertz CT molecular complexity index is 283. The van der Waals surface area contributed by atoms with Crippen molar-refractivity contribution in [1.29, 1.82) is 0 Å². The zero-order valence-electron chi connectivity index (χ0n) is 11.5. The van der Waals surface area contributed by atoms with Gasteiger partial charge in [-0.2, -0.15) is 0 Å². The maximum absolute atomic E-state index is 12.5. The van der Waals surface area contributed by atoms with E-state index in [1.54, 1.807) is 0 Å². The average molecular weight is 249 g/mol. The van der Waals surface area contributed by atoms with Gasteiger partial charge in [0.25, 0.3) is 0 Å². The van der Waals surface area contributed by atoms with E-state index in [-0.39, 0.29) is 0 Å². The summed E-state index contributed by atoms with van der Waals surface area (Å²) in [6.07, 6.45) is 13.8. The molecule has 0 aromatic carbocycles. The van der Waals surface area contributed by atoms with E-state index >= 15 is 0 Å². The molecule has 2 nitrogen and oxygen atoms in total. The summed E-state index contributed by atoms with van der Waals surface area (Å²) in [6, 6.07) is 1.30. The highest BCUT2D eigenvalue weighted by molar-refractivity contribution is 5.81. The normalized spacial score (nSPS) is 37.4. The van der Waals surface area contributed by atoms with Gasteiger partial charge in [-0.1, -0.05) is 38.5 Å². The van der Waals surface area contributed by atoms with Crippen molar-refractivity contribution in [2.45, 2.75) is 82.7 Å². The molecule has 102 valence electrons. The number of nitrogens with one attached hydrogen (secondary N) is 1. The first kappa shape index (κ1) is 12.7. The molecule has 2 atom stereocenters. The van der Waals surface area contributed by atoms with Crippen LogP contribution in [-0.2, 0) is 4.79 Å². The first-order valence-corrected chi connectivity index (χ1v) is 8.10. The summed E-state index contributed by atoms with van der Waals surface area (Å²) in [5.74, 6) is 1.71. The van der Waals surface area contributed by atoms with Crippen molar-refractivity contribution in [2.75, 3.05) is 0 Å². The number of rotatable bonds is 3. The Hall–Kier alpha value is -0.370. The van der Waals surface area contributed by atoms with Crippen LogP contribution in [0.3, 0.4) is 0 Å². The second kappa shape index (κ2) is 5.73. The molecule has 3 fully saturated rings. The van der Waals surface area contributed by atoms with Crippen molar-refractivity contribution >= 4 is 5.78 Å². The zero-order chi connectivity index (χ0) is 12.4. The Kier molecular flexibility index (Phi) is 4.03. The SMILES string of the molecule is O=C(CC1CCCCC1)C1CC2CCCC(C1)N2. The molecule has 0 aromatic heterocycles. The van der Waals surface area contributed by atoms with Crippen LogP contribution < -0.4 is 5.32 Å². The molecule has 2 aliphatic heterocycles. The molecule has 0 amide bonds. The fourth-order valence-corrected chi connectivity index (χ4v) is 4.37. The molecule has 3 aliphatic rings. The van der Waals surface area contributed by atoms with E-state index in [0.29, 0.717) is 23.8 Å². The largest absolute Gasteiger partial charge is 0.311 e. The van der Waals surface area contributed by atoms with Gasteiger partial charge in [0.1, 0.15) is 5.78 Å². The number of hydrogen-bond acceptors (Lipinski definition) is 2. The number of Topliss-reactive ketones (excluding diaryl/α,β-unsaturated/α-hetero) is 1. The van der Waals surface area contributed by atoms with Gasteiger partial charge in [0, 0.05) is 24.4 Å². The quantitative estimate of drug-likeness (QED) is 0.830. The molecule has 2 heteroatoms. The Morgan fingerprint density at radius 2 is 1.56 bits per heavy atom. The molecule has 1 aliphatic carbocycles. The Morgan fingerprint density at radius 1 is 0.889 bits per heavy atom. The molecular formula is C16H27NO. The molecule has 0 radical (unpaired) electrons. The molecule has 2 saturated heterocycles. The van der Waals surface area contributed by atoms with E-state index in [4.69, 9.17) is 0 Å². The van der Waals surface area contributed by atoms with Crippen LogP contribution >= 0.6 is 0 Å². The monoisotopic (exact) mass is 249 g/mol. The van der Waals surface area contributed by atoms with Crippen LogP contribution in [0, 0.1) is 11.8 Å². The fraction of sp³-hybridized carbons (Fsp3) is 0.938. The highest BCUT2D eigenvalue weighted by atomic mass is 16.1. The molecule has 2 bridgehead atoms. The van der Waals surface area contributed by atoms with Crippen LogP contribution in [0.1, 0.15) is 70.6 Å². The molecule has 0 aromatic rings. The van der Waals surface area contributed by atoms with Gasteiger partial charge in [0.05, 0.1) is 0 Å². The van der Waals surface area contributed by atoms with Gasteiger partial charge in [0.15, 0.2) is 0 Å². The number of fused-ring (bicyclic) bond motifs is 2. The summed E-state index contributed by atoms with van der Waals surface area (Å²) in [5, 5.41) is 3.69. The Balaban J connectivity index is 1.52. The summed E-state index contributed by atoms with van der Waals surface area (Å²) in [7, 11) is 0. The minimum Gasteiger partial charge on any atom is -0.311 e. The van der Waals surface area contributed by atoms with Gasteiger partial charge in [0.2, 0.25) is 0 Å². The number of ketones is 1. The van der Waals surface area contributed by atoms with E-state index in [2.05, 4.69) is 5.32 Å². The minimum atomic E-state index is 0.392. The van der Waals surface area contributed by atoms with Crippen LogP contribution in [0.5, 0.6) is 0 Å². The van der Waals surface area contributed by atoms with Crippen molar-refractivity contribution < 1.29 is 4.79 Å². The maximum Gasteiger partial charge on any atom is 0.136 e. The second-order valence-electron chi connectivity index (χ2n) is 6.83. The van der Waals surface area contributed by atoms with E-state index in [9.17, 15) is 4.79 Å². The first-order valence-electron chi connectivity index (χ1n) is 8.10. The highest BCUT2D eigenvalue weighted by Crippen LogP contribution is 2.33. The minimum absolute atomic E-state index is 0.392. The third-order valence-electron chi connectivity index (χ3n) is 5.38. The van der Waals surface area contributed by atoms with Crippen molar-refractivity contribution in [3.05, 3.63) is 0 Å². The van der Waals surface area contributed by atoms with Crippen molar-refractivity contribution in [3.63, 3.8) is 0 Å². The third kappa shape index (κ3) is 2.96. The van der Waals surface area contributed by atoms with E-state index < -0.39 is 0 Å². The molecule has 3 rings (SSSR count). The number of piperidine rings is 2. The van der Waals surface area contributed by atoms with E-state index in [1.165, 1.54) is 51.4 Å². The molecule has 18 heavy (non-hydrogen) atoms. The van der Waals surface area contributed by atoms with Crippen LogP contribution in [0.4, 0.5) is 0 Å². The predicted octanol–water partition coefficient (Wildman–Crippen LogP) is 3.45. The lowest BCUT2D eigenvalue weighted by atomic mass is 9.75. The average Bonchev–Trinajstić information content (AvgIpc) is 2.39. The number of carbonyl (C=O) groups is 1. The van der Waals surface area contributed by atoms with Gasteiger partial charge < -0.3 is 5.32 Å². The number of carbonyl (C=O) groups excluding carboxylic acids is 1. The van der Waals surface area contributed by atoms with E-state index in [1.807, 2.05) is 0 Å². The predicted molar refractivity (Wildman–Crippen MR) is 73.5 cm³/mol. The van der Waals surface area contributed by atoms with Gasteiger partial charge in [-0.25, -0.2) is 0 Å². The Morgan fingerprint density at radius 3 is 2.22 bits per heavy atom. The highest BCUT2D eigenvalue weighted by Gasteiger charge is 2.35. The van der Waals surface area contributed by atoms with Crippen LogP contribution in [0.25, 0.3) is 0 Å². The van der Waals surface area contributed by atoms with Crippen molar-refractivity contribution in [1.82, 2.24) is 5.32 Å². The topological polar surface area (TPSA) is 29.1 Å². The summed E-state index contributed by atoms with van der Waals surface area (Å²) >= 11 is 0. The van der Waals surface area contributed by atoms with Gasteiger partial charge in [-0.05, 0) is 31.6 Å². The van der Waals surface area contributed by atoms with Gasteiger partial charge >= 0.3 is 0 Å². The zero-order valence-corrected chi connectivity index (χ0v) is 11.5. The molecular weight excluding hydrogens is 222 g/mol. The lowest BCUT2D eigenvalue weighted by Gasteiger charge is -2.40. The van der Waals surface area contributed by atoms with Crippen molar-refractivity contribution in [2.24, 2.45) is 11.8 Å². The summed E-state index contributed by atoms with van der Waals surface area (Å²) in [6.45, 7) is 0. The van der Waals surface area contributed by atoms with Gasteiger partial charge in [-0.3, -0.25) is 4.79 Å². The lowest BCUT2D eigenvalue weighted by molar-refractivity contribution is -0.125. The smallest absolute Gasteiger partial charge is 0.136 e. The van der Waals surface area contributed by atoms with Crippen molar-refractivity contribution in [3.8, 4) is 0 Å². The first-order chi connectivity index (χ1) is 8.81. The summed E-state index contributed by atoms with van der Waals surface area (Å²) in [4.78, 5) is 12.5. The van der Waals surface area contributed by atoms with Crippen LogP contribution in [0.15, 0.2) is 0 Å².